The summed E-state index contributed by atoms with van der Waals surface area (Å²) < 4.78 is 0.853. The molecule has 0 aromatic carbocycles. The van der Waals surface area contributed by atoms with Crippen LogP contribution in [0.1, 0.15) is 26.0 Å². The van der Waals surface area contributed by atoms with Gasteiger partial charge in [0.25, 0.3) is 0 Å². The quantitative estimate of drug-likeness (QED) is 0.906. The molecule has 76 valence electrons. The van der Waals surface area contributed by atoms with Crippen LogP contribution in [-0.4, -0.2) is 16.1 Å². The van der Waals surface area contributed by atoms with E-state index in [9.17, 15) is 4.79 Å². The molecule has 3 nitrogen and oxygen atoms in total. The number of rotatable bonds is 3. The first kappa shape index (κ1) is 11.2. The number of halogens is 1. The first-order chi connectivity index (χ1) is 6.43. The monoisotopic (exact) mass is 257 g/mol. The van der Waals surface area contributed by atoms with Crippen molar-refractivity contribution in [2.75, 3.05) is 0 Å². The Labute approximate surface area is 91.3 Å². The summed E-state index contributed by atoms with van der Waals surface area (Å²) in [6, 6.07) is 3.68. The average molecular weight is 258 g/mol. The van der Waals surface area contributed by atoms with Gasteiger partial charge in [-0.15, -0.1) is 0 Å². The molecule has 0 atom stereocenters. The van der Waals surface area contributed by atoms with Crippen LogP contribution in [-0.2, 0) is 10.2 Å². The zero-order valence-electron chi connectivity index (χ0n) is 8.12. The van der Waals surface area contributed by atoms with Crippen LogP contribution < -0.4 is 0 Å². The molecule has 0 amide bonds. The SMILES string of the molecule is CC(C)(CC(=O)O)c1ncccc1Br. The van der Waals surface area contributed by atoms with E-state index in [1.54, 1.807) is 6.20 Å². The molecule has 0 saturated carbocycles. The maximum Gasteiger partial charge on any atom is 0.304 e. The second-order valence-corrected chi connectivity index (χ2v) is 4.64. The van der Waals surface area contributed by atoms with Crippen molar-refractivity contribution in [3.63, 3.8) is 0 Å². The molecule has 0 unspecified atom stereocenters. The van der Waals surface area contributed by atoms with E-state index in [-0.39, 0.29) is 6.42 Å². The molecule has 1 aromatic rings. The minimum atomic E-state index is -0.812. The maximum atomic E-state index is 10.7. The fourth-order valence-electron chi connectivity index (χ4n) is 1.35. The van der Waals surface area contributed by atoms with Crippen molar-refractivity contribution >= 4 is 21.9 Å². The van der Waals surface area contributed by atoms with E-state index in [1.807, 2.05) is 26.0 Å². The number of carbonyl (C=O) groups is 1. The molecule has 1 rings (SSSR count). The molecule has 0 spiro atoms. The molecule has 0 bridgehead atoms. The van der Waals surface area contributed by atoms with Gasteiger partial charge in [0.05, 0.1) is 12.1 Å². The van der Waals surface area contributed by atoms with Gasteiger partial charge in [0, 0.05) is 16.1 Å². The molecule has 4 heteroatoms. The molecule has 0 radical (unpaired) electrons. The molecular weight excluding hydrogens is 246 g/mol. The van der Waals surface area contributed by atoms with Crippen molar-refractivity contribution < 1.29 is 9.90 Å². The predicted octanol–water partition coefficient (Wildman–Crippen LogP) is 2.60. The zero-order valence-corrected chi connectivity index (χ0v) is 9.71. The van der Waals surface area contributed by atoms with Crippen molar-refractivity contribution in [1.29, 1.82) is 0 Å². The molecule has 0 aliphatic heterocycles. The van der Waals surface area contributed by atoms with Gasteiger partial charge in [-0.25, -0.2) is 0 Å². The average Bonchev–Trinajstić information content (AvgIpc) is 2.02. The number of aromatic nitrogens is 1. The Balaban J connectivity index is 3.03. The van der Waals surface area contributed by atoms with E-state index < -0.39 is 11.4 Å². The Morgan fingerprint density at radius 3 is 2.79 bits per heavy atom. The molecule has 1 heterocycles. The first-order valence-corrected chi connectivity index (χ1v) is 5.05. The summed E-state index contributed by atoms with van der Waals surface area (Å²) in [5.41, 5.74) is 0.328. The van der Waals surface area contributed by atoms with Gasteiger partial charge in [-0.05, 0) is 28.1 Å². The molecule has 1 N–H and O–H groups in total. The third kappa shape index (κ3) is 2.54. The third-order valence-corrected chi connectivity index (χ3v) is 2.63. The van der Waals surface area contributed by atoms with E-state index in [1.165, 1.54) is 0 Å². The zero-order chi connectivity index (χ0) is 10.8. The Bertz CT molecular complexity index is 350. The number of hydrogen-bond acceptors (Lipinski definition) is 2. The number of pyridine rings is 1. The van der Waals surface area contributed by atoms with Crippen molar-refractivity contribution in [3.05, 3.63) is 28.5 Å². The first-order valence-electron chi connectivity index (χ1n) is 4.26. The molecule has 0 aliphatic carbocycles. The number of aliphatic carboxylic acids is 1. The number of hydrogen-bond donors (Lipinski definition) is 1. The van der Waals surface area contributed by atoms with Crippen molar-refractivity contribution in [2.45, 2.75) is 25.7 Å². The van der Waals surface area contributed by atoms with Gasteiger partial charge < -0.3 is 5.11 Å². The number of carboxylic acids is 1. The topological polar surface area (TPSA) is 50.2 Å². The van der Waals surface area contributed by atoms with Gasteiger partial charge in [0.2, 0.25) is 0 Å². The lowest BCUT2D eigenvalue weighted by atomic mass is 9.85. The highest BCUT2D eigenvalue weighted by molar-refractivity contribution is 9.10. The Hall–Kier alpha value is -0.900. The molecule has 0 aliphatic rings. The normalized spacial score (nSPS) is 11.4. The van der Waals surface area contributed by atoms with Gasteiger partial charge in [-0.2, -0.15) is 0 Å². The highest BCUT2D eigenvalue weighted by atomic mass is 79.9. The fourth-order valence-corrected chi connectivity index (χ4v) is 2.14. The largest absolute Gasteiger partial charge is 0.481 e. The lowest BCUT2D eigenvalue weighted by Gasteiger charge is -2.22. The highest BCUT2D eigenvalue weighted by Gasteiger charge is 2.27. The summed E-state index contributed by atoms with van der Waals surface area (Å²) in [5, 5.41) is 8.76. The summed E-state index contributed by atoms with van der Waals surface area (Å²) in [6.07, 6.45) is 1.74. The van der Waals surface area contributed by atoms with Crippen molar-refractivity contribution in [1.82, 2.24) is 4.98 Å². The number of carboxylic acid groups (broad SMARTS) is 1. The second-order valence-electron chi connectivity index (χ2n) is 3.79. The van der Waals surface area contributed by atoms with Crippen LogP contribution >= 0.6 is 15.9 Å². The fraction of sp³-hybridized carbons (Fsp3) is 0.400. The number of nitrogens with zero attached hydrogens (tertiary/aromatic N) is 1. The molecule has 0 fully saturated rings. The van der Waals surface area contributed by atoms with Gasteiger partial charge in [-0.3, -0.25) is 9.78 Å². The molecular formula is C10H12BrNO2. The van der Waals surface area contributed by atoms with E-state index in [4.69, 9.17) is 5.11 Å². The van der Waals surface area contributed by atoms with Gasteiger partial charge >= 0.3 is 5.97 Å². The lowest BCUT2D eigenvalue weighted by Crippen LogP contribution is -2.23. The summed E-state index contributed by atoms with van der Waals surface area (Å²) in [5.74, 6) is -0.812. The van der Waals surface area contributed by atoms with E-state index in [2.05, 4.69) is 20.9 Å². The third-order valence-electron chi connectivity index (χ3n) is 1.99. The predicted molar refractivity (Wildman–Crippen MR) is 57.2 cm³/mol. The summed E-state index contributed by atoms with van der Waals surface area (Å²) in [7, 11) is 0. The van der Waals surface area contributed by atoms with Crippen molar-refractivity contribution in [3.8, 4) is 0 Å². The van der Waals surface area contributed by atoms with Gasteiger partial charge in [0.1, 0.15) is 0 Å². The van der Waals surface area contributed by atoms with Gasteiger partial charge in [0.15, 0.2) is 0 Å². The highest BCUT2D eigenvalue weighted by Crippen LogP contribution is 2.30. The van der Waals surface area contributed by atoms with E-state index in [0.29, 0.717) is 0 Å². The van der Waals surface area contributed by atoms with Crippen LogP contribution in [0, 0.1) is 0 Å². The van der Waals surface area contributed by atoms with E-state index in [0.717, 1.165) is 10.2 Å². The van der Waals surface area contributed by atoms with Crippen LogP contribution in [0.5, 0.6) is 0 Å². The lowest BCUT2D eigenvalue weighted by molar-refractivity contribution is -0.138. The van der Waals surface area contributed by atoms with E-state index >= 15 is 0 Å². The van der Waals surface area contributed by atoms with Crippen LogP contribution in [0.25, 0.3) is 0 Å². The second kappa shape index (κ2) is 4.09. The van der Waals surface area contributed by atoms with Crippen LogP contribution in [0.4, 0.5) is 0 Å². The van der Waals surface area contributed by atoms with Crippen molar-refractivity contribution in [2.24, 2.45) is 0 Å². The minimum absolute atomic E-state index is 0.0720. The Morgan fingerprint density at radius 2 is 2.29 bits per heavy atom. The van der Waals surface area contributed by atoms with Crippen LogP contribution in [0.15, 0.2) is 22.8 Å². The van der Waals surface area contributed by atoms with Crippen LogP contribution in [0.2, 0.25) is 0 Å². The molecule has 14 heavy (non-hydrogen) atoms. The Kier molecular flexibility index (Phi) is 3.26. The summed E-state index contributed by atoms with van der Waals surface area (Å²) >= 11 is 3.37. The molecule has 0 saturated heterocycles. The van der Waals surface area contributed by atoms with Crippen LogP contribution in [0.3, 0.4) is 0 Å². The molecule has 1 aromatic heterocycles. The Morgan fingerprint density at radius 1 is 1.64 bits per heavy atom. The smallest absolute Gasteiger partial charge is 0.304 e. The summed E-state index contributed by atoms with van der Waals surface area (Å²) in [6.45, 7) is 3.74. The maximum absolute atomic E-state index is 10.7. The standard InChI is InChI=1S/C10H12BrNO2/c1-10(2,6-8(13)14)9-7(11)4-3-5-12-9/h3-5H,6H2,1-2H3,(H,13,14). The van der Waals surface area contributed by atoms with Gasteiger partial charge in [-0.1, -0.05) is 13.8 Å². The minimum Gasteiger partial charge on any atom is -0.481 e. The summed E-state index contributed by atoms with van der Waals surface area (Å²) in [4.78, 5) is 14.8.